The second-order valence-corrected chi connectivity index (χ2v) is 9.62. The zero-order valence-electron chi connectivity index (χ0n) is 21.3. The number of likely N-dealkylation sites (tertiary alicyclic amines) is 1. The van der Waals surface area contributed by atoms with Crippen LogP contribution in [0.3, 0.4) is 0 Å². The number of aryl methyl sites for hydroxylation is 1. The molecule has 2 aliphatic heterocycles. The van der Waals surface area contributed by atoms with Crippen molar-refractivity contribution in [2.24, 2.45) is 11.7 Å². The van der Waals surface area contributed by atoms with Gasteiger partial charge in [0.05, 0.1) is 12.5 Å². The number of fused-ring (bicyclic) bond motifs is 1. The number of aromatic nitrogens is 1. The van der Waals surface area contributed by atoms with Crippen molar-refractivity contribution in [1.29, 1.82) is 0 Å². The van der Waals surface area contributed by atoms with E-state index in [9.17, 15) is 19.5 Å². The van der Waals surface area contributed by atoms with Gasteiger partial charge in [-0.25, -0.2) is 0 Å². The highest BCUT2D eigenvalue weighted by molar-refractivity contribution is 5.79. The Morgan fingerprint density at radius 3 is 2.70 bits per heavy atom. The van der Waals surface area contributed by atoms with Gasteiger partial charge in [-0.05, 0) is 36.6 Å². The molecule has 1 fully saturated rings. The highest BCUT2D eigenvalue weighted by Gasteiger charge is 2.47. The number of ether oxygens (including phenoxy) is 2. The van der Waals surface area contributed by atoms with Crippen LogP contribution in [0, 0.1) is 5.92 Å². The monoisotopic (exact) mass is 512 g/mol. The van der Waals surface area contributed by atoms with E-state index in [-0.39, 0.29) is 30.7 Å². The van der Waals surface area contributed by atoms with Crippen molar-refractivity contribution in [3.63, 3.8) is 0 Å². The minimum Gasteiger partial charge on any atom is -0.481 e. The molecule has 1 saturated heterocycles. The molecule has 10 nitrogen and oxygen atoms in total. The van der Waals surface area contributed by atoms with Crippen molar-refractivity contribution in [3.05, 3.63) is 58.5 Å². The normalized spacial score (nSPS) is 20.8. The van der Waals surface area contributed by atoms with Gasteiger partial charge in [-0.2, -0.15) is 0 Å². The smallest absolute Gasteiger partial charge is 0.308 e. The molecule has 2 aliphatic rings. The molecule has 2 aromatic rings. The third kappa shape index (κ3) is 6.14. The highest BCUT2D eigenvalue weighted by Crippen LogP contribution is 2.42. The summed E-state index contributed by atoms with van der Waals surface area (Å²) >= 11 is 0. The maximum atomic E-state index is 13.3. The maximum absolute atomic E-state index is 13.3. The summed E-state index contributed by atoms with van der Waals surface area (Å²) in [5.41, 5.74) is 6.45. The summed E-state index contributed by atoms with van der Waals surface area (Å²) in [5, 5.41) is 10.4. The Morgan fingerprint density at radius 1 is 1.16 bits per heavy atom. The van der Waals surface area contributed by atoms with Crippen LogP contribution >= 0.6 is 0 Å². The predicted octanol–water partition coefficient (Wildman–Crippen LogP) is 1.72. The topological polar surface area (TPSA) is 127 Å². The molecule has 4 rings (SSSR count). The molecule has 0 aliphatic carbocycles. The van der Waals surface area contributed by atoms with E-state index >= 15 is 0 Å². The van der Waals surface area contributed by atoms with Gasteiger partial charge in [-0.1, -0.05) is 25.5 Å². The van der Waals surface area contributed by atoms with E-state index in [4.69, 9.17) is 15.2 Å². The number of carboxylic acids is 1. The summed E-state index contributed by atoms with van der Waals surface area (Å²) < 4.78 is 12.5. The van der Waals surface area contributed by atoms with Crippen LogP contribution in [0.4, 0.5) is 0 Å². The van der Waals surface area contributed by atoms with Crippen LogP contribution < -0.4 is 20.8 Å². The average molecular weight is 513 g/mol. The molecule has 3 heterocycles. The summed E-state index contributed by atoms with van der Waals surface area (Å²) in [5.74, 6) is -0.864. The van der Waals surface area contributed by atoms with Gasteiger partial charge in [0.15, 0.2) is 11.5 Å². The van der Waals surface area contributed by atoms with Gasteiger partial charge in [-0.15, -0.1) is 0 Å². The molecule has 200 valence electrons. The Balaban J connectivity index is 1.61. The molecule has 0 bridgehead atoms. The largest absolute Gasteiger partial charge is 0.481 e. The van der Waals surface area contributed by atoms with Crippen LogP contribution in [-0.4, -0.2) is 76.9 Å². The van der Waals surface area contributed by atoms with Crippen LogP contribution in [-0.2, 0) is 16.1 Å². The van der Waals surface area contributed by atoms with Crippen molar-refractivity contribution < 1.29 is 24.2 Å². The van der Waals surface area contributed by atoms with E-state index in [0.29, 0.717) is 50.6 Å². The molecule has 1 aromatic heterocycles. The van der Waals surface area contributed by atoms with Crippen molar-refractivity contribution in [3.8, 4) is 11.5 Å². The summed E-state index contributed by atoms with van der Waals surface area (Å²) in [6, 6.07) is 10.0. The predicted molar refractivity (Wildman–Crippen MR) is 138 cm³/mol. The van der Waals surface area contributed by atoms with Crippen LogP contribution in [0.5, 0.6) is 11.5 Å². The number of nitrogens with zero attached hydrogens (tertiary/aromatic N) is 3. The molecule has 1 aromatic carbocycles. The number of carbonyl (C=O) groups is 2. The number of amides is 1. The summed E-state index contributed by atoms with van der Waals surface area (Å²) in [6.07, 6.45) is 3.95. The number of pyridine rings is 1. The first-order chi connectivity index (χ1) is 17.9. The fraction of sp³-hybridized carbons (Fsp3) is 0.519. The molecule has 0 spiro atoms. The molecule has 0 radical (unpaired) electrons. The summed E-state index contributed by atoms with van der Waals surface area (Å²) in [6.45, 7) is 4.52. The average Bonchev–Trinajstić information content (AvgIpc) is 3.50. The second-order valence-electron chi connectivity index (χ2n) is 9.62. The van der Waals surface area contributed by atoms with Crippen LogP contribution in [0.1, 0.15) is 37.7 Å². The fourth-order valence-electron chi connectivity index (χ4n) is 5.39. The van der Waals surface area contributed by atoms with Crippen molar-refractivity contribution >= 4 is 11.9 Å². The van der Waals surface area contributed by atoms with E-state index in [1.54, 1.807) is 33.9 Å². The second kappa shape index (κ2) is 12.2. The number of rotatable bonds is 12. The van der Waals surface area contributed by atoms with Gasteiger partial charge < -0.3 is 29.8 Å². The van der Waals surface area contributed by atoms with E-state index in [0.717, 1.165) is 18.4 Å². The number of carbonyl (C=O) groups excluding carboxylic acids is 1. The van der Waals surface area contributed by atoms with E-state index in [2.05, 4.69) is 6.92 Å². The molecule has 1 amide bonds. The number of carboxylic acid groups (broad SMARTS) is 1. The lowest BCUT2D eigenvalue weighted by atomic mass is 9.84. The number of nitrogens with two attached hydrogens (primary N) is 1. The molecule has 3 atom stereocenters. The van der Waals surface area contributed by atoms with Crippen molar-refractivity contribution in [2.75, 3.05) is 39.5 Å². The Kier molecular flexibility index (Phi) is 8.83. The van der Waals surface area contributed by atoms with Gasteiger partial charge in [-0.3, -0.25) is 19.3 Å². The molecule has 1 unspecified atom stereocenters. The Morgan fingerprint density at radius 2 is 1.97 bits per heavy atom. The quantitative estimate of drug-likeness (QED) is 0.440. The third-order valence-electron chi connectivity index (χ3n) is 7.29. The zero-order chi connectivity index (χ0) is 26.4. The highest BCUT2D eigenvalue weighted by atomic mass is 16.7. The van der Waals surface area contributed by atoms with Crippen LogP contribution in [0.2, 0.25) is 0 Å². The van der Waals surface area contributed by atoms with Crippen molar-refractivity contribution in [1.82, 2.24) is 14.4 Å². The minimum atomic E-state index is -0.923. The first-order valence-corrected chi connectivity index (χ1v) is 12.9. The summed E-state index contributed by atoms with van der Waals surface area (Å²) in [7, 11) is 0. The molecule has 0 saturated carbocycles. The Hall–Kier alpha value is -3.37. The molecular formula is C27H36N4O6. The van der Waals surface area contributed by atoms with Gasteiger partial charge in [0.1, 0.15) is 0 Å². The summed E-state index contributed by atoms with van der Waals surface area (Å²) in [4.78, 5) is 42.0. The lowest BCUT2D eigenvalue weighted by molar-refractivity contribution is -0.144. The first kappa shape index (κ1) is 26.7. The number of aliphatic carboxylic acids is 1. The third-order valence-corrected chi connectivity index (χ3v) is 7.29. The zero-order valence-corrected chi connectivity index (χ0v) is 21.3. The van der Waals surface area contributed by atoms with Gasteiger partial charge in [0.2, 0.25) is 18.3 Å². The Bertz CT molecular complexity index is 1150. The van der Waals surface area contributed by atoms with E-state index in [1.807, 2.05) is 17.0 Å². The molecule has 3 N–H and O–H groups in total. The number of benzene rings is 1. The number of hydrogen-bond acceptors (Lipinski definition) is 7. The van der Waals surface area contributed by atoms with Crippen LogP contribution in [0.25, 0.3) is 0 Å². The van der Waals surface area contributed by atoms with Crippen molar-refractivity contribution in [2.45, 2.75) is 44.7 Å². The number of hydrogen-bond donors (Lipinski definition) is 2. The first-order valence-electron chi connectivity index (χ1n) is 12.9. The van der Waals surface area contributed by atoms with E-state index < -0.39 is 17.9 Å². The van der Waals surface area contributed by atoms with Crippen LogP contribution in [0.15, 0.2) is 47.4 Å². The Labute approximate surface area is 216 Å². The van der Waals surface area contributed by atoms with E-state index in [1.165, 1.54) is 6.07 Å². The van der Waals surface area contributed by atoms with Gasteiger partial charge >= 0.3 is 5.97 Å². The maximum Gasteiger partial charge on any atom is 0.308 e. The standard InChI is InChI=1S/C27H36N4O6/c1-2-3-11-30(14-10-28)25(33)17-31-16-20(19-7-8-22-23(15-19)37-18-36-22)26(27(34)35)21(31)9-13-29-12-5-4-6-24(29)32/h4-8,12,15,20-21,26H,2-3,9-11,13-14,16-18,28H2,1H3,(H,34,35)/t20-,21+,26?/m1/s1. The minimum absolute atomic E-state index is 0.0590. The molecular weight excluding hydrogens is 476 g/mol. The number of unbranched alkanes of at least 4 members (excludes halogenated alkanes) is 1. The van der Waals surface area contributed by atoms with Gasteiger partial charge in [0.25, 0.3) is 0 Å². The molecule has 10 heteroatoms. The lowest BCUT2D eigenvalue weighted by Crippen LogP contribution is -2.46. The fourth-order valence-corrected chi connectivity index (χ4v) is 5.39. The van der Waals surface area contributed by atoms with Gasteiger partial charge in [0, 0.05) is 56.9 Å². The lowest BCUT2D eigenvalue weighted by Gasteiger charge is -2.29. The molecule has 37 heavy (non-hydrogen) atoms. The SMILES string of the molecule is CCCCN(CCN)C(=O)CN1C[C@H](c2ccc3c(c2)OCO3)C(C(=O)O)[C@@H]1CCn1ccccc1=O.